The number of sulfonamides is 1. The monoisotopic (exact) mass is 357 g/mol. The first-order valence-electron chi connectivity index (χ1n) is 7.85. The molecule has 23 heavy (non-hydrogen) atoms. The van der Waals surface area contributed by atoms with Crippen LogP contribution in [0.3, 0.4) is 0 Å². The summed E-state index contributed by atoms with van der Waals surface area (Å²) in [7, 11) is -3.93. The van der Waals surface area contributed by atoms with Crippen molar-refractivity contribution in [2.24, 2.45) is 5.92 Å². The first-order valence-corrected chi connectivity index (χ1v) is 9.66. The summed E-state index contributed by atoms with van der Waals surface area (Å²) < 4.78 is 27.4. The van der Waals surface area contributed by atoms with Gasteiger partial charge in [-0.15, -0.1) is 0 Å². The number of carboxylic acid groups (broad SMARTS) is 1. The van der Waals surface area contributed by atoms with Gasteiger partial charge in [-0.2, -0.15) is 4.31 Å². The Morgan fingerprint density at radius 1 is 1.30 bits per heavy atom. The average molecular weight is 358 g/mol. The number of benzene rings is 1. The lowest BCUT2D eigenvalue weighted by Gasteiger charge is -2.32. The molecule has 0 aromatic heterocycles. The van der Waals surface area contributed by atoms with Gasteiger partial charge >= 0.3 is 5.97 Å². The molecule has 1 aliphatic heterocycles. The number of aryl methyl sites for hydroxylation is 1. The van der Waals surface area contributed by atoms with E-state index in [0.29, 0.717) is 6.42 Å². The molecule has 1 saturated heterocycles. The molecule has 5 nitrogen and oxygen atoms in total. The molecule has 0 spiro atoms. The highest BCUT2D eigenvalue weighted by atomic mass is 35.5. The molecular formula is C16H20ClNO4S. The van der Waals surface area contributed by atoms with E-state index in [1.54, 1.807) is 12.1 Å². The molecule has 1 aliphatic carbocycles. The molecule has 2 fully saturated rings. The topological polar surface area (TPSA) is 74.7 Å². The molecule has 126 valence electrons. The Labute approximate surface area is 141 Å². The normalized spacial score (nSPS) is 28.5. The van der Waals surface area contributed by atoms with E-state index in [1.165, 1.54) is 10.4 Å². The number of fused-ring (bicyclic) bond motifs is 1. The van der Waals surface area contributed by atoms with Crippen LogP contribution in [0.5, 0.6) is 0 Å². The van der Waals surface area contributed by atoms with Crippen molar-refractivity contribution in [2.75, 3.05) is 0 Å². The van der Waals surface area contributed by atoms with Crippen LogP contribution in [0.4, 0.5) is 0 Å². The fraction of sp³-hybridized carbons (Fsp3) is 0.562. The Bertz CT molecular complexity index is 734. The minimum absolute atomic E-state index is 0.00207. The molecule has 3 unspecified atom stereocenters. The number of halogens is 1. The molecule has 1 aromatic rings. The van der Waals surface area contributed by atoms with Crippen LogP contribution in [0, 0.1) is 12.8 Å². The first kappa shape index (κ1) is 16.7. The van der Waals surface area contributed by atoms with Crippen molar-refractivity contribution in [3.63, 3.8) is 0 Å². The van der Waals surface area contributed by atoms with Gasteiger partial charge in [-0.05, 0) is 49.8 Å². The zero-order valence-electron chi connectivity index (χ0n) is 12.9. The Morgan fingerprint density at radius 3 is 2.65 bits per heavy atom. The summed E-state index contributed by atoms with van der Waals surface area (Å²) in [5.74, 6) is -0.949. The Hall–Kier alpha value is -1.11. The summed E-state index contributed by atoms with van der Waals surface area (Å²) in [6.45, 7) is 1.83. The molecule has 0 bridgehead atoms. The van der Waals surface area contributed by atoms with E-state index in [-0.39, 0.29) is 21.9 Å². The Morgan fingerprint density at radius 2 is 2.00 bits per heavy atom. The number of carboxylic acids is 1. The third-order valence-electron chi connectivity index (χ3n) is 4.96. The molecule has 3 atom stereocenters. The fourth-order valence-corrected chi connectivity index (χ4v) is 6.35. The first-order chi connectivity index (χ1) is 10.8. The van der Waals surface area contributed by atoms with Crippen molar-refractivity contribution in [2.45, 2.75) is 56.0 Å². The van der Waals surface area contributed by atoms with Gasteiger partial charge in [-0.3, -0.25) is 4.79 Å². The number of rotatable bonds is 3. The van der Waals surface area contributed by atoms with Gasteiger partial charge in [0.1, 0.15) is 10.9 Å². The maximum absolute atomic E-state index is 13.1. The number of nitrogens with zero attached hydrogens (tertiary/aromatic N) is 1. The summed E-state index contributed by atoms with van der Waals surface area (Å²) in [6, 6.07) is 3.53. The molecule has 7 heteroatoms. The predicted octanol–water partition coefficient (Wildman–Crippen LogP) is 3.05. The van der Waals surface area contributed by atoms with Gasteiger partial charge in [-0.1, -0.05) is 30.5 Å². The van der Waals surface area contributed by atoms with E-state index in [2.05, 4.69) is 0 Å². The second-order valence-electron chi connectivity index (χ2n) is 6.47. The van der Waals surface area contributed by atoms with E-state index in [1.807, 2.05) is 6.92 Å². The highest BCUT2D eigenvalue weighted by molar-refractivity contribution is 7.89. The van der Waals surface area contributed by atoms with Gasteiger partial charge in [0.15, 0.2) is 0 Å². The van der Waals surface area contributed by atoms with Crippen LogP contribution in [-0.2, 0) is 14.8 Å². The molecule has 2 aliphatic rings. The van der Waals surface area contributed by atoms with Crippen molar-refractivity contribution in [3.05, 3.63) is 28.8 Å². The maximum atomic E-state index is 13.1. The van der Waals surface area contributed by atoms with E-state index in [4.69, 9.17) is 11.6 Å². The minimum atomic E-state index is -3.93. The largest absolute Gasteiger partial charge is 0.480 e. The average Bonchev–Trinajstić information content (AvgIpc) is 2.87. The molecule has 0 amide bonds. The second kappa shape index (κ2) is 6.07. The fourth-order valence-electron chi connectivity index (χ4n) is 3.90. The van der Waals surface area contributed by atoms with Crippen LogP contribution in [0.15, 0.2) is 23.1 Å². The van der Waals surface area contributed by atoms with E-state index in [9.17, 15) is 18.3 Å². The van der Waals surface area contributed by atoms with Crippen molar-refractivity contribution >= 4 is 27.6 Å². The van der Waals surface area contributed by atoms with Crippen molar-refractivity contribution < 1.29 is 18.3 Å². The molecule has 1 saturated carbocycles. The zero-order valence-corrected chi connectivity index (χ0v) is 14.5. The second-order valence-corrected chi connectivity index (χ2v) is 8.69. The molecular weight excluding hydrogens is 338 g/mol. The molecule has 1 aromatic carbocycles. The summed E-state index contributed by atoms with van der Waals surface area (Å²) in [5, 5.41) is 9.66. The van der Waals surface area contributed by atoms with Crippen molar-refractivity contribution in [1.29, 1.82) is 0 Å². The summed E-state index contributed by atoms with van der Waals surface area (Å²) >= 11 is 6.14. The van der Waals surface area contributed by atoms with Gasteiger partial charge < -0.3 is 5.11 Å². The SMILES string of the molecule is Cc1ccc(S(=O)(=O)N2C(C(=O)O)CC3CCCCC32)c(Cl)c1. The minimum Gasteiger partial charge on any atom is -0.480 e. The van der Waals surface area contributed by atoms with Crippen LogP contribution in [-0.4, -0.2) is 35.9 Å². The zero-order chi connectivity index (χ0) is 16.8. The van der Waals surface area contributed by atoms with Gasteiger partial charge in [0.05, 0.1) is 5.02 Å². The lowest BCUT2D eigenvalue weighted by Crippen LogP contribution is -2.46. The highest BCUT2D eigenvalue weighted by Crippen LogP contribution is 2.43. The molecule has 3 rings (SSSR count). The highest BCUT2D eigenvalue weighted by Gasteiger charge is 2.51. The molecule has 1 N–H and O–H groups in total. The smallest absolute Gasteiger partial charge is 0.322 e. The lowest BCUT2D eigenvalue weighted by molar-refractivity contribution is -0.141. The summed E-state index contributed by atoms with van der Waals surface area (Å²) in [4.78, 5) is 11.6. The summed E-state index contributed by atoms with van der Waals surface area (Å²) in [5.41, 5.74) is 0.862. The third-order valence-corrected chi connectivity index (χ3v) is 7.37. The number of carbonyl (C=O) groups is 1. The van der Waals surface area contributed by atoms with E-state index in [0.717, 1.165) is 31.2 Å². The molecule has 1 heterocycles. The lowest BCUT2D eigenvalue weighted by atomic mass is 9.85. The Kier molecular flexibility index (Phi) is 4.42. The van der Waals surface area contributed by atoms with E-state index < -0.39 is 22.0 Å². The standard InChI is InChI=1S/C16H20ClNO4S/c1-10-6-7-15(12(17)8-10)23(21,22)18-13-5-3-2-4-11(13)9-14(18)16(19)20/h6-8,11,13-14H,2-5,9H2,1H3,(H,19,20). The van der Waals surface area contributed by atoms with Gasteiger partial charge in [-0.25, -0.2) is 8.42 Å². The van der Waals surface area contributed by atoms with Gasteiger partial charge in [0.2, 0.25) is 10.0 Å². The van der Waals surface area contributed by atoms with E-state index >= 15 is 0 Å². The number of hydrogen-bond donors (Lipinski definition) is 1. The van der Waals surface area contributed by atoms with Crippen molar-refractivity contribution in [3.8, 4) is 0 Å². The van der Waals surface area contributed by atoms with Gasteiger partial charge in [0, 0.05) is 6.04 Å². The molecule has 0 radical (unpaired) electrons. The van der Waals surface area contributed by atoms with Crippen LogP contribution < -0.4 is 0 Å². The maximum Gasteiger partial charge on any atom is 0.322 e. The summed E-state index contributed by atoms with van der Waals surface area (Å²) in [6.07, 6.45) is 3.97. The van der Waals surface area contributed by atoms with Crippen LogP contribution >= 0.6 is 11.6 Å². The number of hydrogen-bond acceptors (Lipinski definition) is 3. The van der Waals surface area contributed by atoms with Crippen LogP contribution in [0.1, 0.15) is 37.7 Å². The van der Waals surface area contributed by atoms with Gasteiger partial charge in [0.25, 0.3) is 0 Å². The van der Waals surface area contributed by atoms with Crippen LogP contribution in [0.2, 0.25) is 5.02 Å². The third kappa shape index (κ3) is 2.88. The number of aliphatic carboxylic acids is 1. The van der Waals surface area contributed by atoms with Crippen molar-refractivity contribution in [1.82, 2.24) is 4.31 Å². The predicted molar refractivity (Wildman–Crippen MR) is 87.0 cm³/mol. The van der Waals surface area contributed by atoms with Crippen LogP contribution in [0.25, 0.3) is 0 Å². The quantitative estimate of drug-likeness (QED) is 0.902. The Balaban J connectivity index is 2.06.